The first kappa shape index (κ1) is 17.8. The average Bonchev–Trinajstić information content (AvgIpc) is 2.99. The molecular formula is C16H21ClFNOU. The third-order valence-electron chi connectivity index (χ3n) is 5.34. The van der Waals surface area contributed by atoms with E-state index in [0.29, 0.717) is 10.6 Å². The van der Waals surface area contributed by atoms with Crippen molar-refractivity contribution in [2.24, 2.45) is 11.3 Å². The number of hydrogen-bond donors (Lipinski definition) is 1. The van der Waals surface area contributed by atoms with Gasteiger partial charge < -0.3 is 5.21 Å². The summed E-state index contributed by atoms with van der Waals surface area (Å²) in [5.74, 6) is 0.431. The molecule has 2 saturated carbocycles. The molecular weight excluding hydrogens is 515 g/mol. The third kappa shape index (κ3) is 2.95. The zero-order valence-corrected chi connectivity index (χ0v) is 17.4. The van der Waals surface area contributed by atoms with Gasteiger partial charge in [0, 0.05) is 43.7 Å². The van der Waals surface area contributed by atoms with Crippen molar-refractivity contribution in [1.29, 1.82) is 0 Å². The summed E-state index contributed by atoms with van der Waals surface area (Å²) in [6.45, 7) is 1.88. The van der Waals surface area contributed by atoms with Crippen LogP contribution in [0.1, 0.15) is 49.3 Å². The number of rotatable bonds is 3. The summed E-state index contributed by atoms with van der Waals surface area (Å²) in [7, 11) is 1.61. The van der Waals surface area contributed by atoms with Crippen LogP contribution in [-0.4, -0.2) is 17.3 Å². The molecule has 1 N–H and O–H groups in total. The fourth-order valence-corrected chi connectivity index (χ4v) is 4.70. The van der Waals surface area contributed by atoms with Gasteiger partial charge in [0.25, 0.3) is 0 Å². The van der Waals surface area contributed by atoms with E-state index >= 15 is 0 Å². The van der Waals surface area contributed by atoms with Gasteiger partial charge in [0.05, 0.1) is 11.1 Å². The van der Waals surface area contributed by atoms with Crippen molar-refractivity contribution in [3.8, 4) is 0 Å². The summed E-state index contributed by atoms with van der Waals surface area (Å²) < 4.78 is 14.4. The Balaban J connectivity index is 0.00000161. The van der Waals surface area contributed by atoms with Crippen molar-refractivity contribution in [3.63, 3.8) is 0 Å². The van der Waals surface area contributed by atoms with Crippen molar-refractivity contribution >= 4 is 11.6 Å². The number of nitrogens with zero attached hydrogens (tertiary/aromatic N) is 1. The van der Waals surface area contributed by atoms with Crippen molar-refractivity contribution in [2.45, 2.75) is 45.1 Å². The maximum Gasteiger partial charge on any atom is 0.129 e. The molecule has 0 aliphatic heterocycles. The maximum absolute atomic E-state index is 14.4. The Hall–Kier alpha value is 0.412. The number of aryl methyl sites for hydroxylation is 1. The zero-order chi connectivity index (χ0) is 14.5. The van der Waals surface area contributed by atoms with E-state index in [9.17, 15) is 9.60 Å². The van der Waals surface area contributed by atoms with Gasteiger partial charge in [-0.15, -0.1) is 0 Å². The average molecular weight is 536 g/mol. The summed E-state index contributed by atoms with van der Waals surface area (Å²) >= 11 is 6.37. The molecule has 1 atom stereocenters. The summed E-state index contributed by atoms with van der Waals surface area (Å²) in [5, 5.41) is 11.8. The van der Waals surface area contributed by atoms with Crippen LogP contribution in [0.15, 0.2) is 12.1 Å². The molecule has 3 rings (SSSR count). The molecule has 0 spiro atoms. The van der Waals surface area contributed by atoms with Crippen LogP contribution in [0, 0.1) is 55.2 Å². The normalized spacial score (nSPS) is 28.8. The van der Waals surface area contributed by atoms with Crippen LogP contribution >= 0.6 is 11.6 Å². The quantitative estimate of drug-likeness (QED) is 0.566. The SMILES string of the molecule is Cc1ccc(F)c(C(N(C)O)C23CCC(CC2)C3)c1Cl.[U]. The molecule has 0 radical (unpaired) electrons. The molecule has 1 aromatic rings. The molecule has 0 saturated heterocycles. The van der Waals surface area contributed by atoms with Crippen LogP contribution in [0.5, 0.6) is 0 Å². The second kappa shape index (κ2) is 6.50. The molecule has 5 heteroatoms. The van der Waals surface area contributed by atoms with Crippen molar-refractivity contribution in [2.75, 3.05) is 7.05 Å². The summed E-state index contributed by atoms with van der Waals surface area (Å²) in [6.07, 6.45) is 5.56. The first-order valence-corrected chi connectivity index (χ1v) is 7.68. The van der Waals surface area contributed by atoms with Gasteiger partial charge in [-0.1, -0.05) is 17.7 Å². The topological polar surface area (TPSA) is 23.5 Å². The van der Waals surface area contributed by atoms with E-state index in [1.807, 2.05) is 6.92 Å². The number of hydrogen-bond acceptors (Lipinski definition) is 2. The van der Waals surface area contributed by atoms with E-state index in [1.54, 1.807) is 13.1 Å². The minimum Gasteiger partial charge on any atom is -0.314 e. The largest absolute Gasteiger partial charge is 0.314 e. The Bertz CT molecular complexity index is 529. The van der Waals surface area contributed by atoms with Gasteiger partial charge in [0.1, 0.15) is 5.82 Å². The van der Waals surface area contributed by atoms with Crippen LogP contribution in [0.25, 0.3) is 0 Å². The monoisotopic (exact) mass is 535 g/mol. The molecule has 0 aromatic heterocycles. The van der Waals surface area contributed by atoms with Gasteiger partial charge >= 0.3 is 0 Å². The first-order valence-electron chi connectivity index (χ1n) is 7.31. The van der Waals surface area contributed by atoms with Gasteiger partial charge in [0.2, 0.25) is 0 Å². The Labute approximate surface area is 154 Å². The summed E-state index contributed by atoms with van der Waals surface area (Å²) in [6, 6.07) is 2.81. The molecule has 2 bridgehead atoms. The smallest absolute Gasteiger partial charge is 0.129 e. The second-order valence-corrected chi connectivity index (χ2v) is 6.96. The van der Waals surface area contributed by atoms with E-state index < -0.39 is 0 Å². The van der Waals surface area contributed by atoms with E-state index in [2.05, 4.69) is 0 Å². The van der Waals surface area contributed by atoms with Gasteiger partial charge in [-0.3, -0.25) is 0 Å². The number of fused-ring (bicyclic) bond motifs is 2. The van der Waals surface area contributed by atoms with E-state index in [1.165, 1.54) is 24.0 Å². The Kier molecular flexibility index (Phi) is 5.49. The molecule has 2 fully saturated rings. The number of benzene rings is 1. The van der Waals surface area contributed by atoms with Crippen molar-refractivity contribution < 1.29 is 40.7 Å². The molecule has 0 heterocycles. The van der Waals surface area contributed by atoms with Crippen LogP contribution < -0.4 is 0 Å². The molecule has 114 valence electrons. The Morgan fingerprint density at radius 2 is 2.00 bits per heavy atom. The van der Waals surface area contributed by atoms with Gasteiger partial charge in [-0.05, 0) is 62.0 Å². The maximum atomic E-state index is 14.4. The van der Waals surface area contributed by atoms with Crippen LogP contribution in [0.2, 0.25) is 5.02 Å². The van der Waals surface area contributed by atoms with Crippen LogP contribution in [0.4, 0.5) is 4.39 Å². The first-order chi connectivity index (χ1) is 9.44. The van der Waals surface area contributed by atoms with Crippen molar-refractivity contribution in [3.05, 3.63) is 34.1 Å². The minimum atomic E-state index is -0.345. The second-order valence-electron chi connectivity index (χ2n) is 6.58. The third-order valence-corrected chi connectivity index (χ3v) is 5.84. The Morgan fingerprint density at radius 3 is 2.48 bits per heavy atom. The standard InChI is InChI=1S/C16H21ClFNO.U/c1-10-3-4-12(18)13(14(10)17)15(19(2)20)16-7-5-11(9-16)6-8-16;/h3-4,11,15,20H,5-9H2,1-2H3;. The number of hydroxylamine groups is 2. The van der Waals surface area contributed by atoms with Crippen LogP contribution in [-0.2, 0) is 0 Å². The zero-order valence-electron chi connectivity index (χ0n) is 12.5. The summed E-state index contributed by atoms with van der Waals surface area (Å²) in [5.41, 5.74) is 1.31. The van der Waals surface area contributed by atoms with Gasteiger partial charge in [0.15, 0.2) is 0 Å². The van der Waals surface area contributed by atoms with E-state index in [0.717, 1.165) is 30.7 Å². The Morgan fingerprint density at radius 1 is 1.38 bits per heavy atom. The molecule has 1 unspecified atom stereocenters. The van der Waals surface area contributed by atoms with Gasteiger partial charge in [-0.2, -0.15) is 5.06 Å². The van der Waals surface area contributed by atoms with E-state index in [-0.39, 0.29) is 48.4 Å². The fraction of sp³-hybridized carbons (Fsp3) is 0.625. The fourth-order valence-electron chi connectivity index (χ4n) is 4.44. The molecule has 2 aliphatic carbocycles. The molecule has 21 heavy (non-hydrogen) atoms. The minimum absolute atomic E-state index is 0. The van der Waals surface area contributed by atoms with Gasteiger partial charge in [-0.25, -0.2) is 4.39 Å². The predicted molar refractivity (Wildman–Crippen MR) is 77.4 cm³/mol. The predicted octanol–water partition coefficient (Wildman–Crippen LogP) is 4.73. The molecule has 2 nitrogen and oxygen atoms in total. The molecule has 0 amide bonds. The molecule has 1 aromatic carbocycles. The van der Waals surface area contributed by atoms with E-state index in [4.69, 9.17) is 11.6 Å². The molecule has 2 aliphatic rings. The van der Waals surface area contributed by atoms with Crippen molar-refractivity contribution in [1.82, 2.24) is 5.06 Å². The van der Waals surface area contributed by atoms with Crippen LogP contribution in [0.3, 0.4) is 0 Å². The number of halogens is 2. The summed E-state index contributed by atoms with van der Waals surface area (Å²) in [4.78, 5) is 0.